The number of rotatable bonds is 7. The highest BCUT2D eigenvalue weighted by molar-refractivity contribution is 7.94. The summed E-state index contributed by atoms with van der Waals surface area (Å²) >= 11 is 1.01. The van der Waals surface area contributed by atoms with Gasteiger partial charge in [-0.1, -0.05) is 6.92 Å². The van der Waals surface area contributed by atoms with Gasteiger partial charge < -0.3 is 24.3 Å². The van der Waals surface area contributed by atoms with E-state index >= 15 is 0 Å². The van der Waals surface area contributed by atoms with Crippen molar-refractivity contribution in [3.8, 4) is 0 Å². The van der Waals surface area contributed by atoms with E-state index in [1.165, 1.54) is 0 Å². The van der Waals surface area contributed by atoms with E-state index in [4.69, 9.17) is 14.4 Å². The smallest absolute Gasteiger partial charge is 0.156 e. The lowest BCUT2D eigenvalue weighted by Crippen LogP contribution is -2.41. The Morgan fingerprint density at radius 2 is 2.15 bits per heavy atom. The third kappa shape index (κ3) is 4.58. The number of carbonyl (C=O) groups is 1. The van der Waals surface area contributed by atoms with Crippen LogP contribution in [0, 0.1) is 0 Å². The molecule has 0 fully saturated rings. The second-order valence-corrected chi connectivity index (χ2v) is 3.35. The van der Waals surface area contributed by atoms with E-state index in [2.05, 4.69) is 0 Å². The maximum atomic E-state index is 10.4. The van der Waals surface area contributed by atoms with Gasteiger partial charge in [0.1, 0.15) is 12.2 Å². The summed E-state index contributed by atoms with van der Waals surface area (Å²) in [6.07, 6.45) is -3.45. The molecule has 0 unspecified atom stereocenters. The van der Waals surface area contributed by atoms with Crippen LogP contribution in [0.1, 0.15) is 6.92 Å². The first-order chi connectivity index (χ1) is 6.17. The first kappa shape index (κ1) is 12.9. The monoisotopic (exact) mass is 210 g/mol. The van der Waals surface area contributed by atoms with Crippen molar-refractivity contribution in [1.82, 2.24) is 0 Å². The number of aldehydes is 1. The Labute approximate surface area is 80.9 Å². The maximum Gasteiger partial charge on any atom is 0.156 e. The molecule has 3 N–H and O–H groups in total. The van der Waals surface area contributed by atoms with E-state index in [0.717, 1.165) is 12.0 Å². The average molecular weight is 210 g/mol. The first-order valence-corrected chi connectivity index (χ1v) is 4.79. The zero-order valence-corrected chi connectivity index (χ0v) is 8.11. The minimum Gasteiger partial charge on any atom is -0.394 e. The van der Waals surface area contributed by atoms with Crippen molar-refractivity contribution in [3.05, 3.63) is 0 Å². The predicted octanol–water partition coefficient (Wildman–Crippen LogP) is -1.05. The lowest BCUT2D eigenvalue weighted by Gasteiger charge is -2.20. The summed E-state index contributed by atoms with van der Waals surface area (Å²) in [5.74, 6) is 0.631. The van der Waals surface area contributed by atoms with Crippen LogP contribution in [0.5, 0.6) is 0 Å². The Hall–Kier alpha value is -0.140. The van der Waals surface area contributed by atoms with Gasteiger partial charge in [0.15, 0.2) is 12.4 Å². The fourth-order valence-corrected chi connectivity index (χ4v) is 1.09. The van der Waals surface area contributed by atoms with Crippen molar-refractivity contribution in [2.24, 2.45) is 0 Å². The number of aliphatic hydroxyl groups excluding tert-OH is 3. The van der Waals surface area contributed by atoms with Gasteiger partial charge in [-0.15, -0.1) is 0 Å². The molecule has 0 bridgehead atoms. The van der Waals surface area contributed by atoms with Crippen molar-refractivity contribution in [3.63, 3.8) is 0 Å². The summed E-state index contributed by atoms with van der Waals surface area (Å²) in [6, 6.07) is 0. The summed E-state index contributed by atoms with van der Waals surface area (Å²) in [5, 5.41) is 26.7. The molecule has 0 heterocycles. The molecule has 13 heavy (non-hydrogen) atoms. The van der Waals surface area contributed by atoms with Crippen molar-refractivity contribution >= 4 is 18.3 Å². The molecular formula is C7H14O5S. The molecule has 0 aromatic carbocycles. The molecule has 78 valence electrons. The molecule has 0 aliphatic carbocycles. The molecule has 3 atom stereocenters. The average Bonchev–Trinajstić information content (AvgIpc) is 2.17. The van der Waals surface area contributed by atoms with E-state index in [9.17, 15) is 9.90 Å². The molecule has 0 rings (SSSR count). The molecule has 0 amide bonds. The van der Waals surface area contributed by atoms with Gasteiger partial charge >= 0.3 is 0 Å². The first-order valence-electron chi connectivity index (χ1n) is 3.87. The van der Waals surface area contributed by atoms with Crippen LogP contribution in [0.15, 0.2) is 0 Å². The van der Waals surface area contributed by atoms with Crippen LogP contribution in [-0.4, -0.2) is 52.3 Å². The molecule has 0 saturated carbocycles. The van der Waals surface area contributed by atoms with Crippen LogP contribution in [-0.2, 0) is 8.98 Å². The molecule has 6 heteroatoms. The molecule has 0 radical (unpaired) electrons. The Balaban J connectivity index is 3.97. The van der Waals surface area contributed by atoms with Gasteiger partial charge in [-0.05, 0) is 12.0 Å². The normalized spacial score (nSPS) is 17.8. The minimum absolute atomic E-state index is 0.395. The third-order valence-corrected chi connectivity index (χ3v) is 1.94. The Morgan fingerprint density at radius 1 is 1.54 bits per heavy atom. The second kappa shape index (κ2) is 7.28. The number of hydrogen-bond acceptors (Lipinski definition) is 6. The fourth-order valence-electron chi connectivity index (χ4n) is 0.634. The summed E-state index contributed by atoms with van der Waals surface area (Å²) in [4.78, 5) is 10.4. The van der Waals surface area contributed by atoms with Crippen LogP contribution in [0.4, 0.5) is 0 Å². The zero-order valence-electron chi connectivity index (χ0n) is 7.29. The highest BCUT2D eigenvalue weighted by Crippen LogP contribution is 2.10. The molecule has 0 aliphatic rings. The molecule has 5 nitrogen and oxygen atoms in total. The van der Waals surface area contributed by atoms with Crippen LogP contribution in [0.3, 0.4) is 0 Å². The molecule has 0 aromatic rings. The lowest BCUT2D eigenvalue weighted by atomic mass is 10.1. The van der Waals surface area contributed by atoms with E-state index < -0.39 is 24.9 Å². The van der Waals surface area contributed by atoms with Gasteiger partial charge in [0.25, 0.3) is 0 Å². The largest absolute Gasteiger partial charge is 0.394 e. The SMILES string of the molecule is CCSO[C@@H](C=O)[C@H](O)[C@H](O)CO. The Morgan fingerprint density at radius 3 is 2.54 bits per heavy atom. The third-order valence-electron chi connectivity index (χ3n) is 1.35. The van der Waals surface area contributed by atoms with Crippen molar-refractivity contribution in [2.75, 3.05) is 12.4 Å². The topological polar surface area (TPSA) is 87.0 Å². The zero-order chi connectivity index (χ0) is 10.3. The fraction of sp³-hybridized carbons (Fsp3) is 0.857. The van der Waals surface area contributed by atoms with Gasteiger partial charge in [-0.2, -0.15) is 0 Å². The van der Waals surface area contributed by atoms with Gasteiger partial charge in [0.05, 0.1) is 6.61 Å². The number of aliphatic hydroxyl groups is 3. The van der Waals surface area contributed by atoms with Crippen LogP contribution >= 0.6 is 12.0 Å². The van der Waals surface area contributed by atoms with Crippen molar-refractivity contribution in [1.29, 1.82) is 0 Å². The van der Waals surface area contributed by atoms with Crippen LogP contribution in [0.2, 0.25) is 0 Å². The number of hydrogen-bond donors (Lipinski definition) is 3. The van der Waals surface area contributed by atoms with Crippen molar-refractivity contribution in [2.45, 2.75) is 25.2 Å². The standard InChI is InChI=1S/C7H14O5S/c1-2-13-12-6(4-9)7(11)5(10)3-8/h4-8,10-11H,2-3H2,1H3/t5-,6+,7-/m1/s1. The lowest BCUT2D eigenvalue weighted by molar-refractivity contribution is -0.123. The Bertz CT molecular complexity index is 143. The summed E-state index contributed by atoms with van der Waals surface area (Å²) in [7, 11) is 0. The van der Waals surface area contributed by atoms with Gasteiger partial charge in [0, 0.05) is 5.75 Å². The minimum atomic E-state index is -1.39. The van der Waals surface area contributed by atoms with Gasteiger partial charge in [-0.25, -0.2) is 0 Å². The molecular weight excluding hydrogens is 196 g/mol. The van der Waals surface area contributed by atoms with Crippen LogP contribution in [0.25, 0.3) is 0 Å². The van der Waals surface area contributed by atoms with Gasteiger partial charge in [-0.3, -0.25) is 0 Å². The Kier molecular flexibility index (Phi) is 7.20. The predicted molar refractivity (Wildman–Crippen MR) is 48.2 cm³/mol. The molecule has 0 aromatic heterocycles. The summed E-state index contributed by atoms with van der Waals surface area (Å²) in [5.41, 5.74) is 0. The van der Waals surface area contributed by atoms with E-state index in [-0.39, 0.29) is 0 Å². The molecule has 0 saturated heterocycles. The van der Waals surface area contributed by atoms with Gasteiger partial charge in [0.2, 0.25) is 0 Å². The van der Waals surface area contributed by atoms with Crippen molar-refractivity contribution < 1.29 is 24.3 Å². The highest BCUT2D eigenvalue weighted by Gasteiger charge is 2.26. The van der Waals surface area contributed by atoms with E-state index in [1.807, 2.05) is 6.92 Å². The number of carbonyl (C=O) groups excluding carboxylic acids is 1. The quantitative estimate of drug-likeness (QED) is 0.367. The maximum absolute atomic E-state index is 10.4. The van der Waals surface area contributed by atoms with E-state index in [1.54, 1.807) is 0 Å². The van der Waals surface area contributed by atoms with Crippen LogP contribution < -0.4 is 0 Å². The summed E-state index contributed by atoms with van der Waals surface area (Å²) < 4.78 is 4.85. The highest BCUT2D eigenvalue weighted by atomic mass is 32.2. The van der Waals surface area contributed by atoms with E-state index in [0.29, 0.717) is 12.0 Å². The molecule has 0 spiro atoms. The summed E-state index contributed by atoms with van der Waals surface area (Å²) in [6.45, 7) is 1.22. The second-order valence-electron chi connectivity index (χ2n) is 2.34. The molecule has 0 aliphatic heterocycles.